The second-order valence-electron chi connectivity index (χ2n) is 11.5. The largest absolute Gasteiger partial charge is 0.352 e. The van der Waals surface area contributed by atoms with E-state index in [-0.39, 0.29) is 37.4 Å². The summed E-state index contributed by atoms with van der Waals surface area (Å²) in [7, 11) is -3.56. The molecule has 3 aromatic carbocycles. The highest BCUT2D eigenvalue weighted by atomic mass is 35.5. The van der Waals surface area contributed by atoms with Gasteiger partial charge in [0.15, 0.2) is 0 Å². The minimum atomic E-state index is -3.56. The van der Waals surface area contributed by atoms with E-state index in [0.29, 0.717) is 23.6 Å². The molecule has 0 radical (unpaired) electrons. The number of sulfonamides is 1. The van der Waals surface area contributed by atoms with Crippen LogP contribution < -0.4 is 9.62 Å². The van der Waals surface area contributed by atoms with Crippen LogP contribution in [0.15, 0.2) is 78.9 Å². The van der Waals surface area contributed by atoms with Crippen LogP contribution in [0.4, 0.5) is 5.69 Å². The van der Waals surface area contributed by atoms with Crippen LogP contribution in [0.5, 0.6) is 0 Å². The summed E-state index contributed by atoms with van der Waals surface area (Å²) in [5.41, 5.74) is 3.37. The van der Waals surface area contributed by atoms with Gasteiger partial charge in [-0.25, -0.2) is 8.42 Å². The van der Waals surface area contributed by atoms with E-state index >= 15 is 0 Å². The number of aryl methyl sites for hydroxylation is 1. The zero-order valence-corrected chi connectivity index (χ0v) is 26.6. The number of rotatable bonds is 13. The number of nitrogens with one attached hydrogen (secondary N) is 1. The van der Waals surface area contributed by atoms with Crippen LogP contribution in [-0.4, -0.2) is 50.0 Å². The molecule has 1 saturated carbocycles. The predicted octanol–water partition coefficient (Wildman–Crippen LogP) is 6.28. The SMILES string of the molecule is Cc1ccc(N(CCCC(=O)N(Cc2cccc(Cl)c2)[C@@H](Cc2ccccc2)C(=O)NC2CCCCC2)S(C)(=O)=O)cc1. The molecule has 1 N–H and O–H groups in total. The second kappa shape index (κ2) is 15.4. The molecule has 0 saturated heterocycles. The molecule has 0 bridgehead atoms. The predicted molar refractivity (Wildman–Crippen MR) is 174 cm³/mol. The second-order valence-corrected chi connectivity index (χ2v) is 13.8. The third kappa shape index (κ3) is 9.83. The third-order valence-corrected chi connectivity index (χ3v) is 9.37. The van der Waals surface area contributed by atoms with Crippen LogP contribution in [0.3, 0.4) is 0 Å². The minimum absolute atomic E-state index is 0.0838. The van der Waals surface area contributed by atoms with Crippen LogP contribution in [0, 0.1) is 6.92 Å². The molecule has 230 valence electrons. The van der Waals surface area contributed by atoms with E-state index in [2.05, 4.69) is 5.32 Å². The van der Waals surface area contributed by atoms with Gasteiger partial charge in [0.1, 0.15) is 6.04 Å². The fourth-order valence-electron chi connectivity index (χ4n) is 5.65. The molecule has 1 fully saturated rings. The molecule has 0 aromatic heterocycles. The number of amides is 2. The third-order valence-electron chi connectivity index (χ3n) is 7.94. The number of benzene rings is 3. The Hall–Kier alpha value is -3.36. The molecule has 0 spiro atoms. The molecule has 9 heteroatoms. The Kier molecular flexibility index (Phi) is 11.7. The Bertz CT molecular complexity index is 1460. The summed E-state index contributed by atoms with van der Waals surface area (Å²) < 4.78 is 26.6. The first-order valence-corrected chi connectivity index (χ1v) is 17.3. The Labute approximate surface area is 261 Å². The quantitative estimate of drug-likeness (QED) is 0.243. The number of halogens is 1. The summed E-state index contributed by atoms with van der Waals surface area (Å²) in [6.45, 7) is 2.30. The van der Waals surface area contributed by atoms with Crippen molar-refractivity contribution in [3.05, 3.63) is 101 Å². The fourth-order valence-corrected chi connectivity index (χ4v) is 6.82. The van der Waals surface area contributed by atoms with E-state index in [1.165, 1.54) is 17.0 Å². The van der Waals surface area contributed by atoms with Gasteiger partial charge in [-0.3, -0.25) is 13.9 Å². The van der Waals surface area contributed by atoms with Crippen molar-refractivity contribution < 1.29 is 18.0 Å². The molecule has 0 unspecified atom stereocenters. The van der Waals surface area contributed by atoms with Gasteiger partial charge < -0.3 is 10.2 Å². The summed E-state index contributed by atoms with van der Waals surface area (Å²) in [6, 6.07) is 23.7. The van der Waals surface area contributed by atoms with Crippen LogP contribution in [0.2, 0.25) is 5.02 Å². The fraction of sp³-hybridized carbons (Fsp3) is 0.412. The van der Waals surface area contributed by atoms with Gasteiger partial charge in [0.25, 0.3) is 0 Å². The van der Waals surface area contributed by atoms with Gasteiger partial charge in [0.05, 0.1) is 11.9 Å². The smallest absolute Gasteiger partial charge is 0.243 e. The van der Waals surface area contributed by atoms with E-state index in [4.69, 9.17) is 11.6 Å². The molecular weight excluding hydrogens is 582 g/mol. The van der Waals surface area contributed by atoms with E-state index in [0.717, 1.165) is 42.4 Å². The van der Waals surface area contributed by atoms with Gasteiger partial charge >= 0.3 is 0 Å². The molecular formula is C34H42ClN3O4S. The van der Waals surface area contributed by atoms with Crippen molar-refractivity contribution in [2.75, 3.05) is 17.1 Å². The number of hydrogen-bond donors (Lipinski definition) is 1. The first-order valence-electron chi connectivity index (χ1n) is 15.0. The molecule has 1 atom stereocenters. The first kappa shape index (κ1) is 32.6. The number of anilines is 1. The highest BCUT2D eigenvalue weighted by Gasteiger charge is 2.32. The van der Waals surface area contributed by atoms with E-state index < -0.39 is 16.1 Å². The molecule has 0 heterocycles. The van der Waals surface area contributed by atoms with Gasteiger partial charge in [-0.15, -0.1) is 0 Å². The van der Waals surface area contributed by atoms with Gasteiger partial charge in [0, 0.05) is 37.0 Å². The molecule has 43 heavy (non-hydrogen) atoms. The molecule has 4 rings (SSSR count). The zero-order chi connectivity index (χ0) is 30.8. The Morgan fingerprint density at radius 3 is 2.26 bits per heavy atom. The minimum Gasteiger partial charge on any atom is -0.352 e. The Morgan fingerprint density at radius 1 is 0.930 bits per heavy atom. The highest BCUT2D eigenvalue weighted by molar-refractivity contribution is 7.92. The van der Waals surface area contributed by atoms with E-state index in [9.17, 15) is 18.0 Å². The van der Waals surface area contributed by atoms with Crippen molar-refractivity contribution >= 4 is 39.1 Å². The highest BCUT2D eigenvalue weighted by Crippen LogP contribution is 2.23. The summed E-state index contributed by atoms with van der Waals surface area (Å²) >= 11 is 6.29. The maximum atomic E-state index is 14.0. The average Bonchev–Trinajstić information content (AvgIpc) is 2.98. The molecule has 1 aliphatic carbocycles. The van der Waals surface area contributed by atoms with Crippen molar-refractivity contribution in [1.82, 2.24) is 10.2 Å². The van der Waals surface area contributed by atoms with Gasteiger partial charge in [-0.2, -0.15) is 0 Å². The average molecular weight is 624 g/mol. The number of carbonyl (C=O) groups excluding carboxylic acids is 2. The van der Waals surface area contributed by atoms with Crippen molar-refractivity contribution in [1.29, 1.82) is 0 Å². The molecule has 0 aliphatic heterocycles. The summed E-state index contributed by atoms with van der Waals surface area (Å²) in [6.07, 6.45) is 7.13. The molecule has 7 nitrogen and oxygen atoms in total. The molecule has 2 amide bonds. The van der Waals surface area contributed by atoms with Crippen LogP contribution in [-0.2, 0) is 32.6 Å². The van der Waals surface area contributed by atoms with Crippen LogP contribution in [0.1, 0.15) is 61.6 Å². The summed E-state index contributed by atoms with van der Waals surface area (Å²) in [4.78, 5) is 29.6. The van der Waals surface area contributed by atoms with E-state index in [1.54, 1.807) is 23.1 Å². The standard InChI is InChI=1S/C34H42ClN3O4S/c1-26-18-20-31(21-19-26)38(43(2,41)42)22-10-17-33(39)37(25-28-13-9-14-29(35)23-28)32(24-27-11-5-3-6-12-27)34(40)36-30-15-7-4-8-16-30/h3,5-6,9,11-14,18-21,23,30,32H,4,7-8,10,15-17,22,24-25H2,1-2H3,(H,36,40)/t32-/m0/s1. The van der Waals surface area contributed by atoms with Crippen LogP contribution >= 0.6 is 11.6 Å². The Morgan fingerprint density at radius 2 is 1.60 bits per heavy atom. The number of nitrogens with zero attached hydrogens (tertiary/aromatic N) is 2. The normalized spacial score (nSPS) is 14.6. The van der Waals surface area contributed by atoms with Crippen molar-refractivity contribution in [3.63, 3.8) is 0 Å². The first-order chi connectivity index (χ1) is 20.6. The van der Waals surface area contributed by atoms with Crippen LogP contribution in [0.25, 0.3) is 0 Å². The van der Waals surface area contributed by atoms with Crippen molar-refractivity contribution in [3.8, 4) is 0 Å². The molecule has 1 aliphatic rings. The van der Waals surface area contributed by atoms with Gasteiger partial charge in [-0.05, 0) is 61.6 Å². The maximum absolute atomic E-state index is 14.0. The zero-order valence-electron chi connectivity index (χ0n) is 25.0. The lowest BCUT2D eigenvalue weighted by Gasteiger charge is -2.34. The number of hydrogen-bond acceptors (Lipinski definition) is 4. The summed E-state index contributed by atoms with van der Waals surface area (Å²) in [5.74, 6) is -0.374. The van der Waals surface area contributed by atoms with Gasteiger partial charge in [-0.1, -0.05) is 91.0 Å². The number of carbonyl (C=O) groups is 2. The lowest BCUT2D eigenvalue weighted by atomic mass is 9.94. The summed E-state index contributed by atoms with van der Waals surface area (Å²) in [5, 5.41) is 3.80. The monoisotopic (exact) mass is 623 g/mol. The Balaban J connectivity index is 1.58. The molecule has 3 aromatic rings. The lowest BCUT2D eigenvalue weighted by Crippen LogP contribution is -2.52. The topological polar surface area (TPSA) is 86.8 Å². The van der Waals surface area contributed by atoms with Crippen molar-refractivity contribution in [2.24, 2.45) is 0 Å². The lowest BCUT2D eigenvalue weighted by molar-refractivity contribution is -0.141. The maximum Gasteiger partial charge on any atom is 0.243 e. The van der Waals surface area contributed by atoms with E-state index in [1.807, 2.05) is 67.6 Å². The van der Waals surface area contributed by atoms with Crippen molar-refractivity contribution in [2.45, 2.75) is 76.9 Å². The van der Waals surface area contributed by atoms with Gasteiger partial charge in [0.2, 0.25) is 21.8 Å².